The maximum absolute atomic E-state index is 5.47. The third kappa shape index (κ3) is 3.40. The van der Waals surface area contributed by atoms with Crippen LogP contribution >= 0.6 is 0 Å². The van der Waals surface area contributed by atoms with Gasteiger partial charge in [0.05, 0.1) is 18.9 Å². The molecular weight excluding hydrogens is 236 g/mol. The molecule has 0 fully saturated rings. The lowest BCUT2D eigenvalue weighted by Crippen LogP contribution is -2.11. The molecule has 3 rings (SSSR count). The molecule has 0 bridgehead atoms. The molecule has 1 aliphatic rings. The van der Waals surface area contributed by atoms with Gasteiger partial charge in [-0.05, 0) is 43.8 Å². The van der Waals surface area contributed by atoms with Crippen LogP contribution < -0.4 is 5.32 Å². The number of pyridine rings is 1. The Morgan fingerprint density at radius 3 is 2.68 bits per heavy atom. The minimum atomic E-state index is 0.732. The van der Waals surface area contributed by atoms with Gasteiger partial charge in [0.15, 0.2) is 0 Å². The molecule has 0 spiro atoms. The van der Waals surface area contributed by atoms with Crippen molar-refractivity contribution < 1.29 is 4.74 Å². The number of hydrogen-bond acceptors (Lipinski definition) is 3. The molecule has 0 aliphatic carbocycles. The summed E-state index contributed by atoms with van der Waals surface area (Å²) in [5.41, 5.74) is 5.00. The molecule has 3 nitrogen and oxygen atoms in total. The lowest BCUT2D eigenvalue weighted by Gasteiger charge is -2.19. The lowest BCUT2D eigenvalue weighted by atomic mass is 9.95. The van der Waals surface area contributed by atoms with Crippen LogP contribution in [0.25, 0.3) is 11.3 Å². The fourth-order valence-electron chi connectivity index (χ4n) is 2.18. The number of nitrogens with zero attached hydrogens (tertiary/aromatic N) is 1. The van der Waals surface area contributed by atoms with Gasteiger partial charge in [-0.15, -0.1) is 0 Å². The summed E-state index contributed by atoms with van der Waals surface area (Å²) in [6, 6.07) is 12.4. The number of nitrogens with one attached hydrogen (secondary N) is 1. The fraction of sp³-hybridized carbons (Fsp3) is 0.312. The van der Waals surface area contributed by atoms with E-state index in [9.17, 15) is 0 Å². The van der Waals surface area contributed by atoms with Gasteiger partial charge in [0.2, 0.25) is 0 Å². The van der Waals surface area contributed by atoms with Crippen LogP contribution in [0.3, 0.4) is 0 Å². The van der Waals surface area contributed by atoms with Crippen LogP contribution in [0.15, 0.2) is 42.6 Å². The molecule has 1 aromatic heterocycles. The standard InChI is InChI=1S/C14H13NO.C2H7N/c1-2-8-15-14(6-1)13-5-3-4-11-10-16-9-7-12(11)13;1-3-2/h1-6,8H,7,9-10H2;3H,1-2H3. The quantitative estimate of drug-likeness (QED) is 0.851. The zero-order valence-electron chi connectivity index (χ0n) is 11.5. The van der Waals surface area contributed by atoms with Gasteiger partial charge in [-0.25, -0.2) is 0 Å². The number of benzene rings is 1. The molecule has 0 saturated heterocycles. The van der Waals surface area contributed by atoms with Gasteiger partial charge in [-0.1, -0.05) is 24.3 Å². The van der Waals surface area contributed by atoms with E-state index in [0.717, 1.165) is 25.3 Å². The van der Waals surface area contributed by atoms with Gasteiger partial charge in [0, 0.05) is 11.8 Å². The third-order valence-electron chi connectivity index (χ3n) is 2.97. The summed E-state index contributed by atoms with van der Waals surface area (Å²) < 4.78 is 5.47. The summed E-state index contributed by atoms with van der Waals surface area (Å²) in [4.78, 5) is 4.42. The van der Waals surface area contributed by atoms with E-state index >= 15 is 0 Å². The van der Waals surface area contributed by atoms with Gasteiger partial charge in [-0.3, -0.25) is 4.98 Å². The molecule has 0 unspecified atom stereocenters. The summed E-state index contributed by atoms with van der Waals surface area (Å²) in [5, 5.41) is 2.75. The average molecular weight is 256 g/mol. The van der Waals surface area contributed by atoms with E-state index in [1.54, 1.807) is 0 Å². The van der Waals surface area contributed by atoms with E-state index in [1.807, 2.05) is 32.4 Å². The van der Waals surface area contributed by atoms with Crippen LogP contribution in [0.2, 0.25) is 0 Å². The van der Waals surface area contributed by atoms with Crippen LogP contribution in [0.5, 0.6) is 0 Å². The van der Waals surface area contributed by atoms with Crippen molar-refractivity contribution in [3.8, 4) is 11.3 Å². The Bertz CT molecular complexity index is 511. The molecule has 0 radical (unpaired) electrons. The van der Waals surface area contributed by atoms with Crippen molar-refractivity contribution in [3.05, 3.63) is 53.7 Å². The van der Waals surface area contributed by atoms with E-state index in [4.69, 9.17) is 4.74 Å². The largest absolute Gasteiger partial charge is 0.376 e. The fourth-order valence-corrected chi connectivity index (χ4v) is 2.18. The van der Waals surface area contributed by atoms with E-state index in [2.05, 4.69) is 34.6 Å². The second kappa shape index (κ2) is 7.02. The topological polar surface area (TPSA) is 34.1 Å². The highest BCUT2D eigenvalue weighted by atomic mass is 16.5. The van der Waals surface area contributed by atoms with Crippen molar-refractivity contribution >= 4 is 0 Å². The molecule has 0 atom stereocenters. The first-order valence-electron chi connectivity index (χ1n) is 6.55. The second-order valence-corrected chi connectivity index (χ2v) is 4.46. The summed E-state index contributed by atoms with van der Waals surface area (Å²) in [7, 11) is 3.75. The molecule has 2 heterocycles. The molecule has 1 N–H and O–H groups in total. The van der Waals surface area contributed by atoms with Crippen LogP contribution in [0.4, 0.5) is 0 Å². The molecule has 100 valence electrons. The minimum absolute atomic E-state index is 0.732. The number of fused-ring (bicyclic) bond motifs is 1. The summed E-state index contributed by atoms with van der Waals surface area (Å²) in [5.74, 6) is 0. The predicted molar refractivity (Wildman–Crippen MR) is 78.0 cm³/mol. The van der Waals surface area contributed by atoms with Crippen molar-refractivity contribution in [3.63, 3.8) is 0 Å². The Kier molecular flexibility index (Phi) is 5.07. The number of rotatable bonds is 1. The van der Waals surface area contributed by atoms with Crippen molar-refractivity contribution in [2.75, 3.05) is 20.7 Å². The van der Waals surface area contributed by atoms with Crippen LogP contribution in [-0.4, -0.2) is 25.7 Å². The summed E-state index contributed by atoms with van der Waals surface area (Å²) >= 11 is 0. The highest BCUT2D eigenvalue weighted by Gasteiger charge is 2.14. The third-order valence-corrected chi connectivity index (χ3v) is 2.97. The zero-order chi connectivity index (χ0) is 13.5. The van der Waals surface area contributed by atoms with Crippen LogP contribution in [0.1, 0.15) is 11.1 Å². The first-order valence-corrected chi connectivity index (χ1v) is 6.55. The molecule has 1 aromatic carbocycles. The molecule has 2 aromatic rings. The minimum Gasteiger partial charge on any atom is -0.376 e. The van der Waals surface area contributed by atoms with E-state index in [0.29, 0.717) is 0 Å². The van der Waals surface area contributed by atoms with E-state index in [1.165, 1.54) is 16.7 Å². The van der Waals surface area contributed by atoms with Gasteiger partial charge in [0.25, 0.3) is 0 Å². The van der Waals surface area contributed by atoms with E-state index in [-0.39, 0.29) is 0 Å². The first kappa shape index (κ1) is 13.7. The van der Waals surface area contributed by atoms with Gasteiger partial charge < -0.3 is 10.1 Å². The van der Waals surface area contributed by atoms with Gasteiger partial charge in [0.1, 0.15) is 0 Å². The SMILES string of the molecule is CNC.c1ccc(-c2cccc3c2CCOC3)nc1. The zero-order valence-corrected chi connectivity index (χ0v) is 11.5. The van der Waals surface area contributed by atoms with Crippen molar-refractivity contribution in [2.24, 2.45) is 0 Å². The highest BCUT2D eigenvalue weighted by molar-refractivity contribution is 5.65. The molecule has 19 heavy (non-hydrogen) atoms. The smallest absolute Gasteiger partial charge is 0.0719 e. The van der Waals surface area contributed by atoms with Crippen LogP contribution in [-0.2, 0) is 17.8 Å². The van der Waals surface area contributed by atoms with Gasteiger partial charge in [-0.2, -0.15) is 0 Å². The second-order valence-electron chi connectivity index (χ2n) is 4.46. The molecule has 0 amide bonds. The summed E-state index contributed by atoms with van der Waals surface area (Å²) in [6.07, 6.45) is 2.83. The number of aromatic nitrogens is 1. The van der Waals surface area contributed by atoms with E-state index < -0.39 is 0 Å². The average Bonchev–Trinajstić information content (AvgIpc) is 2.48. The number of hydrogen-bond donors (Lipinski definition) is 1. The highest BCUT2D eigenvalue weighted by Crippen LogP contribution is 2.27. The molecule has 1 aliphatic heterocycles. The predicted octanol–water partition coefficient (Wildman–Crippen LogP) is 2.66. The number of ether oxygens (including phenoxy) is 1. The van der Waals surface area contributed by atoms with Crippen molar-refractivity contribution in [1.82, 2.24) is 10.3 Å². The maximum Gasteiger partial charge on any atom is 0.0719 e. The lowest BCUT2D eigenvalue weighted by molar-refractivity contribution is 0.111. The normalized spacial score (nSPS) is 13.2. The summed E-state index contributed by atoms with van der Waals surface area (Å²) in [6.45, 7) is 1.55. The first-order chi connectivity index (χ1) is 9.36. The molecule has 0 saturated carbocycles. The molecule has 3 heteroatoms. The maximum atomic E-state index is 5.47. The molecular formula is C16H20N2O. The van der Waals surface area contributed by atoms with Crippen molar-refractivity contribution in [1.29, 1.82) is 0 Å². The Labute approximate surface area is 114 Å². The Morgan fingerprint density at radius 1 is 1.11 bits per heavy atom. The monoisotopic (exact) mass is 256 g/mol. The Balaban J connectivity index is 0.000000408. The Morgan fingerprint density at radius 2 is 1.95 bits per heavy atom. The van der Waals surface area contributed by atoms with Crippen LogP contribution in [0, 0.1) is 0 Å². The van der Waals surface area contributed by atoms with Crippen molar-refractivity contribution in [2.45, 2.75) is 13.0 Å². The Hall–Kier alpha value is -1.71. The van der Waals surface area contributed by atoms with Gasteiger partial charge >= 0.3 is 0 Å².